The van der Waals surface area contributed by atoms with Crippen molar-refractivity contribution in [1.29, 1.82) is 0 Å². The molecule has 0 bridgehead atoms. The molecule has 0 aliphatic carbocycles. The first-order valence-electron chi connectivity index (χ1n) is 9.47. The summed E-state index contributed by atoms with van der Waals surface area (Å²) in [6.45, 7) is 2.14. The van der Waals surface area contributed by atoms with Crippen molar-refractivity contribution in [2.24, 2.45) is 0 Å². The molecule has 3 rings (SSSR count). The molecular weight excluding hydrogens is 376 g/mol. The molecule has 0 amide bonds. The van der Waals surface area contributed by atoms with Crippen LogP contribution in [0, 0.1) is 0 Å². The number of benzene rings is 2. The summed E-state index contributed by atoms with van der Waals surface area (Å²) in [7, 11) is 0. The number of esters is 3. The van der Waals surface area contributed by atoms with Gasteiger partial charge in [-0.3, -0.25) is 4.79 Å². The smallest absolute Gasteiger partial charge is 0.338 e. The molecule has 4 atom stereocenters. The molecule has 1 fully saturated rings. The quantitative estimate of drug-likeness (QED) is 0.421. The van der Waals surface area contributed by atoms with Crippen molar-refractivity contribution in [3.05, 3.63) is 84.4 Å². The van der Waals surface area contributed by atoms with E-state index >= 15 is 0 Å². The summed E-state index contributed by atoms with van der Waals surface area (Å²) in [5.41, 5.74) is 0.557. The van der Waals surface area contributed by atoms with Crippen LogP contribution in [0.15, 0.2) is 73.3 Å². The minimum atomic E-state index is -1.30. The summed E-state index contributed by atoms with van der Waals surface area (Å²) in [5, 5.41) is 0. The Morgan fingerprint density at radius 2 is 1.41 bits per heavy atom. The number of hydrogen-bond donors (Lipinski definition) is 0. The maximum atomic E-state index is 12.6. The molecule has 0 aromatic heterocycles. The van der Waals surface area contributed by atoms with Crippen LogP contribution < -0.4 is 0 Å². The van der Waals surface area contributed by atoms with E-state index in [2.05, 4.69) is 0 Å². The van der Waals surface area contributed by atoms with Crippen molar-refractivity contribution >= 4 is 17.9 Å². The monoisotopic (exact) mass is 397 g/mol. The molecule has 0 spiro atoms. The van der Waals surface area contributed by atoms with Gasteiger partial charge in [0.15, 0.2) is 6.10 Å². The van der Waals surface area contributed by atoms with Crippen LogP contribution in [-0.2, 0) is 23.7 Å². The predicted octanol–water partition coefficient (Wildman–Crippen LogP) is 2.91. The largest absolute Gasteiger partial charge is 0.451 e. The molecule has 0 radical (unpaired) electrons. The van der Waals surface area contributed by atoms with Gasteiger partial charge in [0, 0.05) is 6.92 Å². The SMILES string of the molecule is [2H]C=C[C@H]1OC(OC(C)=O)[C@H](OC(=O)c2ccccc2)[C@@H]1OC(=O)c1ccccc1. The Balaban J connectivity index is 1.87. The minimum Gasteiger partial charge on any atom is -0.451 e. The van der Waals surface area contributed by atoms with E-state index in [0.717, 1.165) is 6.55 Å². The first-order chi connectivity index (χ1) is 14.5. The molecule has 7 heteroatoms. The Labute approximate surface area is 169 Å². The fourth-order valence-corrected chi connectivity index (χ4v) is 2.85. The first-order valence-corrected chi connectivity index (χ1v) is 8.89. The second-order valence-electron chi connectivity index (χ2n) is 6.24. The highest BCUT2D eigenvalue weighted by molar-refractivity contribution is 5.90. The van der Waals surface area contributed by atoms with E-state index < -0.39 is 42.5 Å². The zero-order valence-corrected chi connectivity index (χ0v) is 15.6. The maximum Gasteiger partial charge on any atom is 0.338 e. The second kappa shape index (κ2) is 9.16. The van der Waals surface area contributed by atoms with Crippen LogP contribution in [-0.4, -0.2) is 42.5 Å². The van der Waals surface area contributed by atoms with E-state index in [0.29, 0.717) is 0 Å². The molecule has 1 saturated heterocycles. The molecule has 1 aliphatic rings. The van der Waals surface area contributed by atoms with Crippen LogP contribution in [0.25, 0.3) is 0 Å². The lowest BCUT2D eigenvalue weighted by molar-refractivity contribution is -0.183. The minimum absolute atomic E-state index is 0.270. The van der Waals surface area contributed by atoms with E-state index in [1.807, 2.05) is 0 Å². The normalized spacial score (nSPS) is 24.0. The van der Waals surface area contributed by atoms with Crippen LogP contribution in [0.1, 0.15) is 29.0 Å². The molecule has 1 aliphatic heterocycles. The van der Waals surface area contributed by atoms with Crippen molar-refractivity contribution in [2.75, 3.05) is 0 Å². The van der Waals surface area contributed by atoms with Crippen LogP contribution >= 0.6 is 0 Å². The van der Waals surface area contributed by atoms with Gasteiger partial charge in [0.25, 0.3) is 0 Å². The van der Waals surface area contributed by atoms with E-state index in [9.17, 15) is 14.4 Å². The molecule has 0 saturated carbocycles. The first kappa shape index (κ1) is 18.9. The van der Waals surface area contributed by atoms with Crippen LogP contribution in [0.5, 0.6) is 0 Å². The summed E-state index contributed by atoms with van der Waals surface area (Å²) >= 11 is 0. The Morgan fingerprint density at radius 3 is 1.90 bits per heavy atom. The third kappa shape index (κ3) is 4.89. The number of ether oxygens (including phenoxy) is 4. The van der Waals surface area contributed by atoms with Crippen LogP contribution in [0.4, 0.5) is 0 Å². The van der Waals surface area contributed by atoms with Gasteiger partial charge in [-0.1, -0.05) is 42.5 Å². The molecule has 1 heterocycles. The highest BCUT2D eigenvalue weighted by atomic mass is 16.7. The van der Waals surface area contributed by atoms with Gasteiger partial charge in [0.05, 0.1) is 12.5 Å². The van der Waals surface area contributed by atoms with Crippen molar-refractivity contribution in [1.82, 2.24) is 0 Å². The fourth-order valence-electron chi connectivity index (χ4n) is 2.85. The van der Waals surface area contributed by atoms with E-state index in [-0.39, 0.29) is 11.1 Å². The summed E-state index contributed by atoms with van der Waals surface area (Å²) in [5.74, 6) is -2.03. The number of rotatable bonds is 6. The predicted molar refractivity (Wildman–Crippen MR) is 102 cm³/mol. The standard InChI is InChI=1S/C22H20O7/c1-3-17-18(28-20(24)15-10-6-4-7-11-15)19(22(27-17)26-14(2)23)29-21(25)16-12-8-5-9-13-16/h3-13,17-19,22H,1H2,2H3/t17-,18-,19-,22?/m1/s1/i1D. The van der Waals surface area contributed by atoms with Gasteiger partial charge in [-0.05, 0) is 24.3 Å². The van der Waals surface area contributed by atoms with Crippen LogP contribution in [0.2, 0.25) is 0 Å². The summed E-state index contributed by atoms with van der Waals surface area (Å²) in [6, 6.07) is 16.5. The second-order valence-corrected chi connectivity index (χ2v) is 6.24. The molecule has 150 valence electrons. The van der Waals surface area contributed by atoms with Crippen LogP contribution in [0.3, 0.4) is 0 Å². The highest BCUT2D eigenvalue weighted by Gasteiger charge is 2.50. The number of carbonyl (C=O) groups is 3. The average molecular weight is 397 g/mol. The molecule has 29 heavy (non-hydrogen) atoms. The number of carbonyl (C=O) groups excluding carboxylic acids is 3. The topological polar surface area (TPSA) is 88.1 Å². The maximum absolute atomic E-state index is 12.6. The Kier molecular flexibility index (Phi) is 5.97. The third-order valence-corrected chi connectivity index (χ3v) is 4.18. The molecule has 2 aromatic carbocycles. The summed E-state index contributed by atoms with van der Waals surface area (Å²) in [6.07, 6.45) is -3.29. The lowest BCUT2D eigenvalue weighted by atomic mass is 10.1. The molecule has 2 aromatic rings. The van der Waals surface area contributed by atoms with Crippen molar-refractivity contribution in [3.63, 3.8) is 0 Å². The summed E-state index contributed by atoms with van der Waals surface area (Å²) < 4.78 is 29.2. The summed E-state index contributed by atoms with van der Waals surface area (Å²) in [4.78, 5) is 36.7. The van der Waals surface area contributed by atoms with Gasteiger partial charge in [-0.2, -0.15) is 0 Å². The Hall–Kier alpha value is -3.45. The Morgan fingerprint density at radius 1 is 0.897 bits per heavy atom. The van der Waals surface area contributed by atoms with Crippen molar-refractivity contribution < 1.29 is 34.7 Å². The zero-order valence-electron chi connectivity index (χ0n) is 16.6. The van der Waals surface area contributed by atoms with Gasteiger partial charge in [-0.15, -0.1) is 6.55 Å². The molecular formula is C22H20O7. The zero-order chi connectivity index (χ0) is 21.5. The highest BCUT2D eigenvalue weighted by Crippen LogP contribution is 2.30. The van der Waals surface area contributed by atoms with E-state index in [1.165, 1.54) is 13.0 Å². The van der Waals surface area contributed by atoms with Crippen molar-refractivity contribution in [2.45, 2.75) is 31.5 Å². The van der Waals surface area contributed by atoms with Gasteiger partial charge < -0.3 is 18.9 Å². The third-order valence-electron chi connectivity index (χ3n) is 4.18. The molecule has 1 unspecified atom stereocenters. The van der Waals surface area contributed by atoms with E-state index in [4.69, 9.17) is 20.3 Å². The van der Waals surface area contributed by atoms with Gasteiger partial charge in [0.1, 0.15) is 6.10 Å². The lowest BCUT2D eigenvalue weighted by Crippen LogP contribution is -2.41. The Bertz CT molecular complexity index is 914. The van der Waals surface area contributed by atoms with E-state index in [1.54, 1.807) is 60.7 Å². The number of hydrogen-bond acceptors (Lipinski definition) is 7. The molecule has 7 nitrogen and oxygen atoms in total. The average Bonchev–Trinajstić information content (AvgIpc) is 3.04. The molecule has 0 N–H and O–H groups in total. The fraction of sp³-hybridized carbons (Fsp3) is 0.227. The van der Waals surface area contributed by atoms with Gasteiger partial charge in [-0.25, -0.2) is 9.59 Å². The van der Waals surface area contributed by atoms with Gasteiger partial charge in [0.2, 0.25) is 12.4 Å². The van der Waals surface area contributed by atoms with Gasteiger partial charge >= 0.3 is 17.9 Å². The lowest BCUT2D eigenvalue weighted by Gasteiger charge is -2.23. The van der Waals surface area contributed by atoms with Crippen molar-refractivity contribution in [3.8, 4) is 0 Å².